The quantitative estimate of drug-likeness (QED) is 0.811. The molecule has 2 N–H and O–H groups in total. The van der Waals surface area contributed by atoms with Gasteiger partial charge < -0.3 is 19.9 Å². The summed E-state index contributed by atoms with van der Waals surface area (Å²) in [5, 5.41) is 0. The van der Waals surface area contributed by atoms with E-state index in [-0.39, 0.29) is 12.1 Å². The molecule has 0 bridgehead atoms. The van der Waals surface area contributed by atoms with Gasteiger partial charge in [0.2, 0.25) is 0 Å². The van der Waals surface area contributed by atoms with Crippen LogP contribution in [0.1, 0.15) is 31.4 Å². The maximum absolute atomic E-state index is 6.21. The predicted octanol–water partition coefficient (Wildman–Crippen LogP) is 2.52. The Morgan fingerprint density at radius 3 is 2.39 bits per heavy atom. The van der Waals surface area contributed by atoms with Gasteiger partial charge in [-0.3, -0.25) is 0 Å². The molecule has 2 unspecified atom stereocenters. The number of methoxy groups -OCH3 is 3. The molecule has 0 amide bonds. The van der Waals surface area contributed by atoms with Crippen LogP contribution in [0.4, 0.5) is 0 Å². The Kier molecular flexibility index (Phi) is 5.95. The Balaban J connectivity index is 2.78. The Morgan fingerprint density at radius 2 is 1.83 bits per heavy atom. The minimum Gasteiger partial charge on any atom is -0.497 e. The molecule has 0 aliphatic carbocycles. The molecular weight excluding hydrogens is 230 g/mol. The summed E-state index contributed by atoms with van der Waals surface area (Å²) in [5.41, 5.74) is 7.18. The SMILES string of the molecule is COc1ccc(OC)c(C(N)CCC(C)OC)c1. The van der Waals surface area contributed by atoms with Crippen molar-refractivity contribution in [2.45, 2.75) is 31.9 Å². The number of benzene rings is 1. The Labute approximate surface area is 109 Å². The molecule has 0 spiro atoms. The number of rotatable bonds is 7. The highest BCUT2D eigenvalue weighted by Crippen LogP contribution is 2.30. The van der Waals surface area contributed by atoms with E-state index in [1.807, 2.05) is 25.1 Å². The van der Waals surface area contributed by atoms with Crippen molar-refractivity contribution in [2.75, 3.05) is 21.3 Å². The lowest BCUT2D eigenvalue weighted by Crippen LogP contribution is -2.15. The van der Waals surface area contributed by atoms with Crippen LogP contribution in [-0.4, -0.2) is 27.4 Å². The maximum Gasteiger partial charge on any atom is 0.123 e. The van der Waals surface area contributed by atoms with Crippen LogP contribution in [0.3, 0.4) is 0 Å². The van der Waals surface area contributed by atoms with Crippen molar-refractivity contribution in [1.29, 1.82) is 0 Å². The standard InChI is InChI=1S/C14H23NO3/c1-10(16-2)5-7-13(15)12-9-11(17-3)6-8-14(12)18-4/h6,8-10,13H,5,7,15H2,1-4H3. The first-order chi connectivity index (χ1) is 8.62. The van der Waals surface area contributed by atoms with E-state index >= 15 is 0 Å². The highest BCUT2D eigenvalue weighted by Gasteiger charge is 2.14. The minimum atomic E-state index is -0.0763. The third-order valence-electron chi connectivity index (χ3n) is 3.12. The second kappa shape index (κ2) is 7.24. The van der Waals surface area contributed by atoms with Crippen LogP contribution in [0.15, 0.2) is 18.2 Å². The molecule has 102 valence electrons. The number of hydrogen-bond acceptors (Lipinski definition) is 4. The highest BCUT2D eigenvalue weighted by atomic mass is 16.5. The van der Waals surface area contributed by atoms with E-state index in [9.17, 15) is 0 Å². The van der Waals surface area contributed by atoms with E-state index in [2.05, 4.69) is 0 Å². The van der Waals surface area contributed by atoms with Gasteiger partial charge >= 0.3 is 0 Å². The maximum atomic E-state index is 6.21. The zero-order valence-electron chi connectivity index (χ0n) is 11.6. The van der Waals surface area contributed by atoms with Crippen LogP contribution in [0.2, 0.25) is 0 Å². The Morgan fingerprint density at radius 1 is 1.11 bits per heavy atom. The van der Waals surface area contributed by atoms with Crippen LogP contribution >= 0.6 is 0 Å². The van der Waals surface area contributed by atoms with Crippen LogP contribution in [0.5, 0.6) is 11.5 Å². The van der Waals surface area contributed by atoms with Crippen LogP contribution in [-0.2, 0) is 4.74 Å². The summed E-state index contributed by atoms with van der Waals surface area (Å²) in [6.07, 6.45) is 1.98. The summed E-state index contributed by atoms with van der Waals surface area (Å²) in [6.45, 7) is 2.04. The van der Waals surface area contributed by atoms with Gasteiger partial charge in [-0.05, 0) is 38.0 Å². The summed E-state index contributed by atoms with van der Waals surface area (Å²) < 4.78 is 15.8. The topological polar surface area (TPSA) is 53.7 Å². The molecule has 0 saturated carbocycles. The van der Waals surface area contributed by atoms with Crippen LogP contribution in [0, 0.1) is 0 Å². The fourth-order valence-corrected chi connectivity index (χ4v) is 1.82. The molecule has 0 saturated heterocycles. The lowest BCUT2D eigenvalue weighted by atomic mass is 10.00. The van der Waals surface area contributed by atoms with Gasteiger partial charge in [0, 0.05) is 18.7 Å². The van der Waals surface area contributed by atoms with E-state index in [0.717, 1.165) is 29.9 Å². The molecule has 18 heavy (non-hydrogen) atoms. The minimum absolute atomic E-state index is 0.0763. The number of nitrogens with two attached hydrogens (primary N) is 1. The van der Waals surface area contributed by atoms with Gasteiger partial charge in [0.25, 0.3) is 0 Å². The van der Waals surface area contributed by atoms with Crippen molar-refractivity contribution in [2.24, 2.45) is 5.73 Å². The first-order valence-corrected chi connectivity index (χ1v) is 6.12. The monoisotopic (exact) mass is 253 g/mol. The van der Waals surface area contributed by atoms with E-state index in [1.165, 1.54) is 0 Å². The van der Waals surface area contributed by atoms with Crippen molar-refractivity contribution >= 4 is 0 Å². The molecule has 0 radical (unpaired) electrons. The van der Waals surface area contributed by atoms with Crippen molar-refractivity contribution in [3.63, 3.8) is 0 Å². The normalized spacial score (nSPS) is 14.1. The molecule has 1 aromatic rings. The largest absolute Gasteiger partial charge is 0.497 e. The fourth-order valence-electron chi connectivity index (χ4n) is 1.82. The van der Waals surface area contributed by atoms with Gasteiger partial charge in [-0.25, -0.2) is 0 Å². The summed E-state index contributed by atoms with van der Waals surface area (Å²) in [7, 11) is 5.00. The summed E-state index contributed by atoms with van der Waals surface area (Å²) in [6, 6.07) is 5.61. The fraction of sp³-hybridized carbons (Fsp3) is 0.571. The molecule has 0 aliphatic rings. The molecule has 0 heterocycles. The molecule has 4 nitrogen and oxygen atoms in total. The third-order valence-corrected chi connectivity index (χ3v) is 3.12. The Hall–Kier alpha value is -1.26. The summed E-state index contributed by atoms with van der Waals surface area (Å²) in [5.74, 6) is 1.59. The average molecular weight is 253 g/mol. The van der Waals surface area contributed by atoms with E-state index in [0.29, 0.717) is 0 Å². The second-order valence-electron chi connectivity index (χ2n) is 4.34. The zero-order chi connectivity index (χ0) is 13.5. The van der Waals surface area contributed by atoms with E-state index < -0.39 is 0 Å². The molecule has 2 atom stereocenters. The highest BCUT2D eigenvalue weighted by molar-refractivity contribution is 5.42. The summed E-state index contributed by atoms with van der Waals surface area (Å²) in [4.78, 5) is 0. The van der Waals surface area contributed by atoms with Gasteiger partial charge in [-0.1, -0.05) is 0 Å². The predicted molar refractivity (Wildman–Crippen MR) is 72.2 cm³/mol. The van der Waals surface area contributed by atoms with Gasteiger partial charge in [0.1, 0.15) is 11.5 Å². The molecule has 4 heteroatoms. The van der Waals surface area contributed by atoms with Crippen LogP contribution in [0.25, 0.3) is 0 Å². The molecule has 0 aliphatic heterocycles. The molecule has 0 fully saturated rings. The first-order valence-electron chi connectivity index (χ1n) is 6.12. The van der Waals surface area contributed by atoms with Gasteiger partial charge in [-0.15, -0.1) is 0 Å². The molecule has 1 rings (SSSR count). The van der Waals surface area contributed by atoms with Crippen molar-refractivity contribution in [3.8, 4) is 11.5 Å². The molecular formula is C14H23NO3. The average Bonchev–Trinajstić information content (AvgIpc) is 2.43. The second-order valence-corrected chi connectivity index (χ2v) is 4.34. The van der Waals surface area contributed by atoms with E-state index in [4.69, 9.17) is 19.9 Å². The third kappa shape index (κ3) is 3.89. The van der Waals surface area contributed by atoms with Gasteiger partial charge in [0.15, 0.2) is 0 Å². The lowest BCUT2D eigenvalue weighted by molar-refractivity contribution is 0.107. The van der Waals surface area contributed by atoms with Gasteiger partial charge in [0.05, 0.1) is 20.3 Å². The zero-order valence-corrected chi connectivity index (χ0v) is 11.6. The van der Waals surface area contributed by atoms with Crippen molar-refractivity contribution in [1.82, 2.24) is 0 Å². The number of ether oxygens (including phenoxy) is 3. The first kappa shape index (κ1) is 14.8. The smallest absolute Gasteiger partial charge is 0.123 e. The molecule has 0 aromatic heterocycles. The van der Waals surface area contributed by atoms with E-state index in [1.54, 1.807) is 21.3 Å². The van der Waals surface area contributed by atoms with Crippen molar-refractivity contribution in [3.05, 3.63) is 23.8 Å². The van der Waals surface area contributed by atoms with Crippen LogP contribution < -0.4 is 15.2 Å². The molecule has 1 aromatic carbocycles. The summed E-state index contributed by atoms with van der Waals surface area (Å²) >= 11 is 0. The van der Waals surface area contributed by atoms with Gasteiger partial charge in [-0.2, -0.15) is 0 Å². The van der Waals surface area contributed by atoms with Crippen molar-refractivity contribution < 1.29 is 14.2 Å². The lowest BCUT2D eigenvalue weighted by Gasteiger charge is -2.18. The Bertz CT molecular complexity index is 368. The number of hydrogen-bond donors (Lipinski definition) is 1.